The summed E-state index contributed by atoms with van der Waals surface area (Å²) in [6.07, 6.45) is 1.01. The molecule has 1 aromatic carbocycles. The summed E-state index contributed by atoms with van der Waals surface area (Å²) in [5.41, 5.74) is 8.00. The molecule has 1 atom stereocenters. The molecule has 18 heavy (non-hydrogen) atoms. The van der Waals surface area contributed by atoms with Crippen LogP contribution in [-0.2, 0) is 9.53 Å². The lowest BCUT2D eigenvalue weighted by molar-refractivity contribution is -0.140. The Balaban J connectivity index is 2.55. The number of hydrogen-bond acceptors (Lipinski definition) is 4. The molecule has 0 bridgehead atoms. The summed E-state index contributed by atoms with van der Waals surface area (Å²) in [6.45, 7) is 4.41. The van der Waals surface area contributed by atoms with Crippen molar-refractivity contribution in [3.63, 3.8) is 0 Å². The van der Waals surface area contributed by atoms with Gasteiger partial charge in [-0.15, -0.1) is 0 Å². The molecule has 1 rings (SSSR count). The van der Waals surface area contributed by atoms with Crippen molar-refractivity contribution in [2.45, 2.75) is 32.7 Å². The smallest absolute Gasteiger partial charge is 0.305 e. The second kappa shape index (κ2) is 7.01. The third-order valence-corrected chi connectivity index (χ3v) is 2.67. The lowest BCUT2D eigenvalue weighted by Gasteiger charge is -2.14. The molecule has 0 saturated heterocycles. The number of ether oxygens (including phenoxy) is 2. The third-order valence-electron chi connectivity index (χ3n) is 2.67. The van der Waals surface area contributed by atoms with Gasteiger partial charge in [-0.1, -0.05) is 12.1 Å². The maximum absolute atomic E-state index is 11.0. The second-order valence-electron chi connectivity index (χ2n) is 4.36. The molecule has 0 unspecified atom stereocenters. The summed E-state index contributed by atoms with van der Waals surface area (Å²) < 4.78 is 10.3. The van der Waals surface area contributed by atoms with Gasteiger partial charge in [-0.05, 0) is 31.9 Å². The Morgan fingerprint density at radius 2 is 2.17 bits per heavy atom. The lowest BCUT2D eigenvalue weighted by atomic mass is 10.1. The maximum atomic E-state index is 11.0. The van der Waals surface area contributed by atoms with E-state index in [2.05, 4.69) is 4.74 Å². The van der Waals surface area contributed by atoms with Gasteiger partial charge in [0.05, 0.1) is 13.7 Å². The van der Waals surface area contributed by atoms with Crippen LogP contribution in [0, 0.1) is 6.92 Å². The number of benzene rings is 1. The highest BCUT2D eigenvalue weighted by atomic mass is 16.5. The van der Waals surface area contributed by atoms with Crippen LogP contribution in [0.4, 0.5) is 0 Å². The predicted octanol–water partition coefficient (Wildman–Crippen LogP) is 2.35. The fraction of sp³-hybridized carbons (Fsp3) is 0.500. The highest BCUT2D eigenvalue weighted by Crippen LogP contribution is 2.25. The Morgan fingerprint density at radius 1 is 1.44 bits per heavy atom. The predicted molar refractivity (Wildman–Crippen MR) is 70.5 cm³/mol. The van der Waals surface area contributed by atoms with E-state index < -0.39 is 0 Å². The molecule has 0 aromatic heterocycles. The molecular weight excluding hydrogens is 230 g/mol. The first-order valence-corrected chi connectivity index (χ1v) is 6.10. The van der Waals surface area contributed by atoms with E-state index in [1.54, 1.807) is 0 Å². The topological polar surface area (TPSA) is 61.5 Å². The standard InChI is InChI=1S/C14H21NO3/c1-10-6-7-12(11(2)15)13(9-10)18-8-4-5-14(16)17-3/h6-7,9,11H,4-5,8,15H2,1-3H3/t11-/m1/s1. The number of nitrogens with two attached hydrogens (primary N) is 1. The van der Waals surface area contributed by atoms with Gasteiger partial charge in [-0.2, -0.15) is 0 Å². The van der Waals surface area contributed by atoms with Crippen LogP contribution in [0.25, 0.3) is 0 Å². The minimum atomic E-state index is -0.213. The second-order valence-corrected chi connectivity index (χ2v) is 4.36. The minimum absolute atomic E-state index is 0.0683. The van der Waals surface area contributed by atoms with Crippen molar-refractivity contribution < 1.29 is 14.3 Å². The van der Waals surface area contributed by atoms with Crippen molar-refractivity contribution in [2.75, 3.05) is 13.7 Å². The normalized spacial score (nSPS) is 12.0. The Labute approximate surface area is 108 Å². The molecule has 0 fully saturated rings. The molecule has 0 aliphatic heterocycles. The van der Waals surface area contributed by atoms with E-state index in [0.29, 0.717) is 19.4 Å². The molecule has 0 amide bonds. The van der Waals surface area contributed by atoms with E-state index in [4.69, 9.17) is 10.5 Å². The fourth-order valence-corrected chi connectivity index (χ4v) is 1.64. The van der Waals surface area contributed by atoms with Gasteiger partial charge in [0.1, 0.15) is 5.75 Å². The molecule has 4 heteroatoms. The van der Waals surface area contributed by atoms with Crippen molar-refractivity contribution >= 4 is 5.97 Å². The Morgan fingerprint density at radius 3 is 2.78 bits per heavy atom. The summed E-state index contributed by atoms with van der Waals surface area (Å²) in [5, 5.41) is 0. The van der Waals surface area contributed by atoms with Crippen molar-refractivity contribution in [1.82, 2.24) is 0 Å². The van der Waals surface area contributed by atoms with Gasteiger partial charge in [0, 0.05) is 18.0 Å². The molecule has 0 aliphatic carbocycles. The molecule has 4 nitrogen and oxygen atoms in total. The van der Waals surface area contributed by atoms with Gasteiger partial charge in [-0.25, -0.2) is 0 Å². The quantitative estimate of drug-likeness (QED) is 0.622. The Bertz CT molecular complexity index is 402. The minimum Gasteiger partial charge on any atom is -0.493 e. The summed E-state index contributed by atoms with van der Waals surface area (Å²) in [7, 11) is 1.39. The number of carbonyl (C=O) groups excluding carboxylic acids is 1. The monoisotopic (exact) mass is 251 g/mol. The molecule has 0 radical (unpaired) electrons. The van der Waals surface area contributed by atoms with Crippen LogP contribution >= 0.6 is 0 Å². The largest absolute Gasteiger partial charge is 0.493 e. The summed E-state index contributed by atoms with van der Waals surface area (Å²) in [6, 6.07) is 5.90. The van der Waals surface area contributed by atoms with Gasteiger partial charge in [0.25, 0.3) is 0 Å². The third kappa shape index (κ3) is 4.37. The zero-order valence-corrected chi connectivity index (χ0v) is 11.2. The van der Waals surface area contributed by atoms with E-state index >= 15 is 0 Å². The van der Waals surface area contributed by atoms with Gasteiger partial charge < -0.3 is 15.2 Å². The molecule has 0 heterocycles. The number of carbonyl (C=O) groups is 1. The summed E-state index contributed by atoms with van der Waals surface area (Å²) in [4.78, 5) is 11.0. The van der Waals surface area contributed by atoms with Crippen LogP contribution in [-0.4, -0.2) is 19.7 Å². The van der Waals surface area contributed by atoms with E-state index in [0.717, 1.165) is 16.9 Å². The first kappa shape index (κ1) is 14.5. The lowest BCUT2D eigenvalue weighted by Crippen LogP contribution is -2.10. The molecule has 0 aliphatic rings. The molecule has 2 N–H and O–H groups in total. The first-order chi connectivity index (χ1) is 8.54. The van der Waals surface area contributed by atoms with Gasteiger partial charge in [-0.3, -0.25) is 4.79 Å². The average molecular weight is 251 g/mol. The van der Waals surface area contributed by atoms with Crippen LogP contribution in [0.5, 0.6) is 5.75 Å². The van der Waals surface area contributed by atoms with Crippen LogP contribution in [0.2, 0.25) is 0 Å². The molecular formula is C14H21NO3. The van der Waals surface area contributed by atoms with Gasteiger partial charge in [0.2, 0.25) is 0 Å². The summed E-state index contributed by atoms with van der Waals surface area (Å²) >= 11 is 0. The number of methoxy groups -OCH3 is 1. The van der Waals surface area contributed by atoms with Crippen molar-refractivity contribution in [1.29, 1.82) is 0 Å². The van der Waals surface area contributed by atoms with Crippen molar-refractivity contribution in [2.24, 2.45) is 5.73 Å². The molecule has 1 aromatic rings. The number of aryl methyl sites for hydroxylation is 1. The van der Waals surface area contributed by atoms with Crippen LogP contribution in [0.15, 0.2) is 18.2 Å². The molecule has 0 saturated carbocycles. The van der Waals surface area contributed by atoms with E-state index in [1.807, 2.05) is 32.0 Å². The maximum Gasteiger partial charge on any atom is 0.305 e. The van der Waals surface area contributed by atoms with E-state index in [9.17, 15) is 4.79 Å². The number of esters is 1. The van der Waals surface area contributed by atoms with Gasteiger partial charge >= 0.3 is 5.97 Å². The molecule has 100 valence electrons. The first-order valence-electron chi connectivity index (χ1n) is 6.10. The fourth-order valence-electron chi connectivity index (χ4n) is 1.64. The van der Waals surface area contributed by atoms with Crippen LogP contribution in [0.1, 0.15) is 36.9 Å². The summed E-state index contributed by atoms with van der Waals surface area (Å²) in [5.74, 6) is 0.588. The van der Waals surface area contributed by atoms with Crippen LogP contribution in [0.3, 0.4) is 0 Å². The Hall–Kier alpha value is -1.55. The van der Waals surface area contributed by atoms with Gasteiger partial charge in [0.15, 0.2) is 0 Å². The van der Waals surface area contributed by atoms with Crippen molar-refractivity contribution in [3.8, 4) is 5.75 Å². The zero-order chi connectivity index (χ0) is 13.5. The van der Waals surface area contributed by atoms with Crippen molar-refractivity contribution in [3.05, 3.63) is 29.3 Å². The molecule has 0 spiro atoms. The Kier molecular flexibility index (Phi) is 5.65. The SMILES string of the molecule is COC(=O)CCCOc1cc(C)ccc1[C@@H](C)N. The van der Waals surface area contributed by atoms with E-state index in [-0.39, 0.29) is 12.0 Å². The van der Waals surface area contributed by atoms with E-state index in [1.165, 1.54) is 7.11 Å². The highest BCUT2D eigenvalue weighted by Gasteiger charge is 2.08. The average Bonchev–Trinajstić information content (AvgIpc) is 2.34. The zero-order valence-electron chi connectivity index (χ0n) is 11.2. The number of hydrogen-bond donors (Lipinski definition) is 1. The number of rotatable bonds is 6. The highest BCUT2D eigenvalue weighted by molar-refractivity contribution is 5.69. The van der Waals surface area contributed by atoms with Crippen LogP contribution < -0.4 is 10.5 Å².